The van der Waals surface area contributed by atoms with Gasteiger partial charge in [0.2, 0.25) is 5.78 Å². The lowest BCUT2D eigenvalue weighted by molar-refractivity contribution is -0.137. The molecule has 2 aromatic heterocycles. The minimum absolute atomic E-state index is 0.0387. The Morgan fingerprint density at radius 3 is 2.37 bits per heavy atom. The number of amides is 1. The molecule has 0 saturated carbocycles. The number of hydrogen-bond donors (Lipinski definition) is 1. The van der Waals surface area contributed by atoms with Crippen LogP contribution < -0.4 is 5.32 Å². The van der Waals surface area contributed by atoms with Gasteiger partial charge in [0.05, 0.1) is 12.1 Å². The zero-order chi connectivity index (χ0) is 18.9. The lowest BCUT2D eigenvalue weighted by Crippen LogP contribution is -2.31. The van der Waals surface area contributed by atoms with Crippen LogP contribution in [0.1, 0.15) is 22.5 Å². The van der Waals surface area contributed by atoms with Crippen molar-refractivity contribution in [2.24, 2.45) is 0 Å². The summed E-state index contributed by atoms with van der Waals surface area (Å²) >= 11 is 0. The smallest absolute Gasteiger partial charge is 0.288 e. The Balaban J connectivity index is 1.52. The first-order chi connectivity index (χ1) is 13.2. The number of Topliss-reactive ketones (excluding diaryl/α,β-unsaturated/α-hetero) is 1. The number of aryl methyl sites for hydroxylation is 2. The Morgan fingerprint density at radius 2 is 1.59 bits per heavy atom. The second kappa shape index (κ2) is 9.33. The molecule has 0 unspecified atom stereocenters. The van der Waals surface area contributed by atoms with Crippen LogP contribution >= 0.6 is 0 Å². The molecule has 1 amide bonds. The Morgan fingerprint density at radius 1 is 0.852 bits per heavy atom. The van der Waals surface area contributed by atoms with Gasteiger partial charge in [-0.25, -0.2) is 9.97 Å². The lowest BCUT2D eigenvalue weighted by Gasteiger charge is -2.06. The van der Waals surface area contributed by atoms with E-state index in [9.17, 15) is 9.59 Å². The van der Waals surface area contributed by atoms with Crippen molar-refractivity contribution in [3.05, 3.63) is 89.8 Å². The van der Waals surface area contributed by atoms with Crippen molar-refractivity contribution in [1.82, 2.24) is 20.3 Å². The zero-order valence-electron chi connectivity index (χ0n) is 14.8. The molecule has 0 aliphatic carbocycles. The van der Waals surface area contributed by atoms with Gasteiger partial charge < -0.3 is 5.32 Å². The van der Waals surface area contributed by atoms with E-state index in [2.05, 4.69) is 32.4 Å². The maximum absolute atomic E-state index is 12.1. The molecule has 1 aromatic carbocycles. The number of hydrogen-bond acceptors (Lipinski definition) is 5. The van der Waals surface area contributed by atoms with Gasteiger partial charge in [-0.05, 0) is 42.2 Å². The normalized spacial score (nSPS) is 10.4. The molecule has 0 fully saturated rings. The standard InChI is InChI=1S/C21H20N4O2/c26-20(21(27)23-14-17-8-10-22-11-9-17)13-19-12-18(24-15-25-19)7-6-16-4-2-1-3-5-16/h1-5,8-12,15H,6-7,13-14H2,(H,23,27). The number of aromatic nitrogens is 3. The van der Waals surface area contributed by atoms with Crippen LogP contribution in [0.4, 0.5) is 0 Å². The molecule has 3 rings (SSSR count). The molecule has 6 heteroatoms. The van der Waals surface area contributed by atoms with Gasteiger partial charge in [-0.1, -0.05) is 30.3 Å². The Hall–Kier alpha value is -3.41. The van der Waals surface area contributed by atoms with Gasteiger partial charge in [-0.2, -0.15) is 0 Å². The van der Waals surface area contributed by atoms with Gasteiger partial charge in [0, 0.05) is 24.6 Å². The van der Waals surface area contributed by atoms with E-state index in [4.69, 9.17) is 0 Å². The van der Waals surface area contributed by atoms with E-state index in [1.165, 1.54) is 11.9 Å². The number of nitrogens with zero attached hydrogens (tertiary/aromatic N) is 3. The zero-order valence-corrected chi connectivity index (χ0v) is 14.8. The molecule has 0 radical (unpaired) electrons. The summed E-state index contributed by atoms with van der Waals surface area (Å²) in [6, 6.07) is 15.5. The summed E-state index contributed by atoms with van der Waals surface area (Å²) in [7, 11) is 0. The monoisotopic (exact) mass is 360 g/mol. The third-order valence-corrected chi connectivity index (χ3v) is 4.09. The number of carbonyl (C=O) groups excluding carboxylic acids is 2. The van der Waals surface area contributed by atoms with E-state index in [0.717, 1.165) is 24.1 Å². The number of nitrogens with one attached hydrogen (secondary N) is 1. The fraction of sp³-hybridized carbons (Fsp3) is 0.190. The molecule has 0 bridgehead atoms. The van der Waals surface area contributed by atoms with Gasteiger partial charge in [0.1, 0.15) is 6.33 Å². The summed E-state index contributed by atoms with van der Waals surface area (Å²) in [5.41, 5.74) is 3.52. The van der Waals surface area contributed by atoms with Crippen LogP contribution in [0.2, 0.25) is 0 Å². The molecule has 2 heterocycles. The Labute approximate surface area is 157 Å². The van der Waals surface area contributed by atoms with E-state index in [-0.39, 0.29) is 6.42 Å². The van der Waals surface area contributed by atoms with Gasteiger partial charge in [-0.15, -0.1) is 0 Å². The summed E-state index contributed by atoms with van der Waals surface area (Å²) in [4.78, 5) is 36.4. The molecular formula is C21H20N4O2. The van der Waals surface area contributed by atoms with E-state index in [1.807, 2.05) is 18.2 Å². The van der Waals surface area contributed by atoms with Crippen LogP contribution in [0.5, 0.6) is 0 Å². The van der Waals surface area contributed by atoms with Crippen molar-refractivity contribution < 1.29 is 9.59 Å². The maximum Gasteiger partial charge on any atom is 0.288 e. The van der Waals surface area contributed by atoms with Crippen LogP contribution in [0.3, 0.4) is 0 Å². The summed E-state index contributed by atoms with van der Waals surface area (Å²) in [5.74, 6) is -1.13. The largest absolute Gasteiger partial charge is 0.345 e. The minimum Gasteiger partial charge on any atom is -0.345 e. The van der Waals surface area contributed by atoms with Crippen molar-refractivity contribution in [2.45, 2.75) is 25.8 Å². The summed E-state index contributed by atoms with van der Waals surface area (Å²) < 4.78 is 0. The number of ketones is 1. The van der Waals surface area contributed by atoms with Crippen LogP contribution in [0, 0.1) is 0 Å². The van der Waals surface area contributed by atoms with Crippen LogP contribution in [0.15, 0.2) is 67.3 Å². The number of benzene rings is 1. The van der Waals surface area contributed by atoms with Gasteiger partial charge >= 0.3 is 0 Å². The highest BCUT2D eigenvalue weighted by Gasteiger charge is 2.15. The van der Waals surface area contributed by atoms with Crippen LogP contribution in [-0.4, -0.2) is 26.6 Å². The third kappa shape index (κ3) is 5.81. The highest BCUT2D eigenvalue weighted by Crippen LogP contribution is 2.07. The van der Waals surface area contributed by atoms with E-state index >= 15 is 0 Å². The molecule has 0 saturated heterocycles. The number of carbonyl (C=O) groups is 2. The van der Waals surface area contributed by atoms with Crippen LogP contribution in [-0.2, 0) is 35.4 Å². The fourth-order valence-corrected chi connectivity index (χ4v) is 2.62. The minimum atomic E-state index is -0.615. The Kier molecular flexibility index (Phi) is 6.35. The Bertz CT molecular complexity index is 898. The van der Waals surface area contributed by atoms with Crippen LogP contribution in [0.25, 0.3) is 0 Å². The van der Waals surface area contributed by atoms with E-state index in [1.54, 1.807) is 30.6 Å². The highest BCUT2D eigenvalue weighted by molar-refractivity contribution is 6.36. The summed E-state index contributed by atoms with van der Waals surface area (Å²) in [5, 5.41) is 2.62. The lowest BCUT2D eigenvalue weighted by atomic mass is 10.1. The van der Waals surface area contributed by atoms with Gasteiger partial charge in [0.15, 0.2) is 0 Å². The van der Waals surface area contributed by atoms with Crippen molar-refractivity contribution in [2.75, 3.05) is 0 Å². The molecule has 0 aliphatic heterocycles. The molecule has 27 heavy (non-hydrogen) atoms. The van der Waals surface area contributed by atoms with Gasteiger partial charge in [-0.3, -0.25) is 14.6 Å². The molecule has 0 spiro atoms. The number of rotatable bonds is 8. The fourth-order valence-electron chi connectivity index (χ4n) is 2.62. The molecular weight excluding hydrogens is 340 g/mol. The average Bonchev–Trinajstić information content (AvgIpc) is 2.72. The van der Waals surface area contributed by atoms with E-state index < -0.39 is 11.7 Å². The third-order valence-electron chi connectivity index (χ3n) is 4.09. The van der Waals surface area contributed by atoms with Crippen molar-refractivity contribution in [3.8, 4) is 0 Å². The first-order valence-corrected chi connectivity index (χ1v) is 8.74. The van der Waals surface area contributed by atoms with Crippen molar-refractivity contribution >= 4 is 11.7 Å². The second-order valence-electron chi connectivity index (χ2n) is 6.12. The molecule has 6 nitrogen and oxygen atoms in total. The average molecular weight is 360 g/mol. The second-order valence-corrected chi connectivity index (χ2v) is 6.12. The highest BCUT2D eigenvalue weighted by atomic mass is 16.2. The first kappa shape index (κ1) is 18.4. The summed E-state index contributed by atoms with van der Waals surface area (Å²) in [6.07, 6.45) is 6.29. The first-order valence-electron chi connectivity index (χ1n) is 8.74. The van der Waals surface area contributed by atoms with Gasteiger partial charge in [0.25, 0.3) is 5.91 Å². The molecule has 136 valence electrons. The summed E-state index contributed by atoms with van der Waals surface area (Å²) in [6.45, 7) is 0.291. The topological polar surface area (TPSA) is 84.8 Å². The van der Waals surface area contributed by atoms with E-state index in [0.29, 0.717) is 12.2 Å². The molecule has 0 aliphatic rings. The SMILES string of the molecule is O=C(Cc1cc(CCc2ccccc2)ncn1)C(=O)NCc1ccncc1. The number of pyridine rings is 1. The molecule has 1 N–H and O–H groups in total. The molecule has 3 aromatic rings. The van der Waals surface area contributed by atoms with Crippen molar-refractivity contribution in [3.63, 3.8) is 0 Å². The van der Waals surface area contributed by atoms with Crippen molar-refractivity contribution in [1.29, 1.82) is 0 Å². The quantitative estimate of drug-likeness (QED) is 0.622. The molecule has 0 atom stereocenters. The predicted molar refractivity (Wildman–Crippen MR) is 101 cm³/mol. The maximum atomic E-state index is 12.1. The predicted octanol–water partition coefficient (Wildman–Crippen LogP) is 2.08.